The summed E-state index contributed by atoms with van der Waals surface area (Å²) in [5, 5.41) is 4.80. The third-order valence-electron chi connectivity index (χ3n) is 3.66. The average molecular weight is 566 g/mol. The summed E-state index contributed by atoms with van der Waals surface area (Å²) in [4.78, 5) is 17.1. The van der Waals surface area contributed by atoms with Gasteiger partial charge in [0.25, 0.3) is 5.91 Å². The number of halogens is 7. The molecule has 3 N–H and O–H groups in total. The first kappa shape index (κ1) is 26.3. The third-order valence-corrected chi connectivity index (χ3v) is 4.33. The number of hydrogen-bond acceptors (Lipinski definition) is 4. The fraction of sp³-hybridized carbons (Fsp3) is 0.278. The molecule has 0 aromatic heterocycles. The number of aryl methyl sites for hydroxylation is 1. The fourth-order valence-electron chi connectivity index (χ4n) is 2.29. The Kier molecular flexibility index (Phi) is 10.2. The Morgan fingerprint density at radius 1 is 1.17 bits per heavy atom. The summed E-state index contributed by atoms with van der Waals surface area (Å²) in [5.41, 5.74) is 2.61. The van der Waals surface area contributed by atoms with Crippen molar-refractivity contribution in [2.24, 2.45) is 0 Å². The lowest BCUT2D eigenvalue weighted by Gasteiger charge is -2.15. The lowest BCUT2D eigenvalue weighted by Crippen LogP contribution is -2.33. The summed E-state index contributed by atoms with van der Waals surface area (Å²) in [7, 11) is 0. The van der Waals surface area contributed by atoms with Crippen LogP contribution in [0.3, 0.4) is 0 Å². The molecule has 1 amide bonds. The maximum absolute atomic E-state index is 14.3. The van der Waals surface area contributed by atoms with E-state index in [2.05, 4.69) is 33.2 Å². The SMILES string of the molecule is Cc1cc(I)ccc1Nc1c(C(=O)NOCCNCC(F)(F)F)ccc(F)c1F.Cl. The van der Waals surface area contributed by atoms with E-state index in [-0.39, 0.29) is 36.8 Å². The number of hydrogen-bond donors (Lipinski definition) is 3. The molecule has 30 heavy (non-hydrogen) atoms. The molecule has 2 aromatic rings. The highest BCUT2D eigenvalue weighted by Gasteiger charge is 2.26. The van der Waals surface area contributed by atoms with Crippen LogP contribution in [0.15, 0.2) is 30.3 Å². The number of benzene rings is 2. The molecule has 0 saturated carbocycles. The van der Waals surface area contributed by atoms with E-state index in [1.807, 2.05) is 11.5 Å². The van der Waals surface area contributed by atoms with E-state index in [1.54, 1.807) is 19.1 Å². The first-order valence-corrected chi connectivity index (χ1v) is 9.37. The van der Waals surface area contributed by atoms with Gasteiger partial charge in [-0.25, -0.2) is 14.3 Å². The largest absolute Gasteiger partial charge is 0.401 e. The van der Waals surface area contributed by atoms with Crippen molar-refractivity contribution < 1.29 is 31.6 Å². The lowest BCUT2D eigenvalue weighted by molar-refractivity contribution is -0.125. The Morgan fingerprint density at radius 3 is 2.50 bits per heavy atom. The quantitative estimate of drug-likeness (QED) is 0.185. The Bertz CT molecular complexity index is 884. The number of anilines is 2. The molecule has 166 valence electrons. The van der Waals surface area contributed by atoms with E-state index < -0.39 is 30.3 Å². The number of carbonyl (C=O) groups is 1. The van der Waals surface area contributed by atoms with Gasteiger partial charge in [0.1, 0.15) is 0 Å². The predicted molar refractivity (Wildman–Crippen MR) is 113 cm³/mol. The minimum Gasteiger partial charge on any atom is -0.352 e. The summed E-state index contributed by atoms with van der Waals surface area (Å²) in [5.74, 6) is -3.28. The molecule has 0 aliphatic carbocycles. The number of carbonyl (C=O) groups excluding carboxylic acids is 1. The minimum absolute atomic E-state index is 0. The molecule has 0 saturated heterocycles. The zero-order chi connectivity index (χ0) is 21.6. The smallest absolute Gasteiger partial charge is 0.352 e. The Balaban J connectivity index is 0.00000450. The molecule has 12 heteroatoms. The molecule has 0 bridgehead atoms. The topological polar surface area (TPSA) is 62.4 Å². The van der Waals surface area contributed by atoms with E-state index in [9.17, 15) is 26.7 Å². The Hall–Kier alpha value is -1.70. The molecular weight excluding hydrogens is 548 g/mol. The molecular formula is C18H18ClF5IN3O2. The van der Waals surface area contributed by atoms with Gasteiger partial charge in [-0.1, -0.05) is 0 Å². The van der Waals surface area contributed by atoms with Gasteiger partial charge in [-0.2, -0.15) is 13.2 Å². The molecule has 5 nitrogen and oxygen atoms in total. The molecule has 2 aromatic carbocycles. The third kappa shape index (κ3) is 7.85. The van der Waals surface area contributed by atoms with Crippen molar-refractivity contribution in [1.29, 1.82) is 0 Å². The first-order chi connectivity index (χ1) is 13.6. The van der Waals surface area contributed by atoms with Crippen LogP contribution >= 0.6 is 35.0 Å². The van der Waals surface area contributed by atoms with Crippen molar-refractivity contribution in [2.45, 2.75) is 13.1 Å². The van der Waals surface area contributed by atoms with E-state index in [1.165, 1.54) is 0 Å². The fourth-order valence-corrected chi connectivity index (χ4v) is 2.94. The number of alkyl halides is 3. The molecule has 0 atom stereocenters. The highest BCUT2D eigenvalue weighted by molar-refractivity contribution is 14.1. The second-order valence-electron chi connectivity index (χ2n) is 5.94. The second kappa shape index (κ2) is 11.6. The lowest BCUT2D eigenvalue weighted by atomic mass is 10.1. The molecule has 2 rings (SSSR count). The van der Waals surface area contributed by atoms with Crippen LogP contribution in [0.2, 0.25) is 0 Å². The molecule has 0 spiro atoms. The highest BCUT2D eigenvalue weighted by atomic mass is 127. The van der Waals surface area contributed by atoms with Crippen LogP contribution in [0.25, 0.3) is 0 Å². The van der Waals surface area contributed by atoms with Crippen molar-refractivity contribution in [3.05, 3.63) is 56.7 Å². The summed E-state index contributed by atoms with van der Waals surface area (Å²) in [6.45, 7) is 0.129. The average Bonchev–Trinajstić information content (AvgIpc) is 2.63. The first-order valence-electron chi connectivity index (χ1n) is 8.29. The van der Waals surface area contributed by atoms with Crippen molar-refractivity contribution in [1.82, 2.24) is 10.8 Å². The maximum Gasteiger partial charge on any atom is 0.401 e. The van der Waals surface area contributed by atoms with Crippen LogP contribution in [0, 0.1) is 22.1 Å². The van der Waals surface area contributed by atoms with Crippen molar-refractivity contribution in [3.8, 4) is 0 Å². The van der Waals surface area contributed by atoms with Crippen LogP contribution < -0.4 is 16.1 Å². The Labute approximate surface area is 189 Å². The summed E-state index contributed by atoms with van der Waals surface area (Å²) in [6, 6.07) is 7.09. The van der Waals surface area contributed by atoms with Crippen molar-refractivity contribution in [3.63, 3.8) is 0 Å². The molecule has 0 fully saturated rings. The standard InChI is InChI=1S/C18H17F5IN3O2.ClH/c1-10-8-11(24)2-5-14(10)26-16-12(3-4-13(19)15(16)20)17(28)27-29-7-6-25-9-18(21,22)23;/h2-5,8,25-26H,6-7,9H2,1H3,(H,27,28);1H. The van der Waals surface area contributed by atoms with Gasteiger partial charge in [-0.15, -0.1) is 12.4 Å². The van der Waals surface area contributed by atoms with Crippen LogP contribution in [0.1, 0.15) is 15.9 Å². The monoisotopic (exact) mass is 565 g/mol. The van der Waals surface area contributed by atoms with Crippen molar-refractivity contribution in [2.75, 3.05) is 25.0 Å². The van der Waals surface area contributed by atoms with Gasteiger partial charge in [-0.05, 0) is 65.4 Å². The van der Waals surface area contributed by atoms with Crippen LogP contribution in [0.4, 0.5) is 33.3 Å². The van der Waals surface area contributed by atoms with E-state index >= 15 is 0 Å². The van der Waals surface area contributed by atoms with Crippen molar-refractivity contribution >= 4 is 52.3 Å². The second-order valence-corrected chi connectivity index (χ2v) is 7.19. The van der Waals surface area contributed by atoms with Crippen LogP contribution in [-0.2, 0) is 4.84 Å². The van der Waals surface area contributed by atoms with Gasteiger partial charge in [0.2, 0.25) is 0 Å². The van der Waals surface area contributed by atoms with Gasteiger partial charge in [-0.3, -0.25) is 9.63 Å². The van der Waals surface area contributed by atoms with Crippen LogP contribution in [-0.4, -0.2) is 31.8 Å². The van der Waals surface area contributed by atoms with Gasteiger partial charge in [0.15, 0.2) is 11.6 Å². The summed E-state index contributed by atoms with van der Waals surface area (Å²) < 4.78 is 65.0. The zero-order valence-electron chi connectivity index (χ0n) is 15.5. The van der Waals surface area contributed by atoms with E-state index in [0.717, 1.165) is 21.3 Å². The summed E-state index contributed by atoms with van der Waals surface area (Å²) in [6.07, 6.45) is -4.36. The van der Waals surface area contributed by atoms with E-state index in [0.29, 0.717) is 5.69 Å². The van der Waals surface area contributed by atoms with Gasteiger partial charge in [0, 0.05) is 15.8 Å². The maximum atomic E-state index is 14.3. The van der Waals surface area contributed by atoms with Crippen LogP contribution in [0.5, 0.6) is 0 Å². The number of hydroxylamine groups is 1. The highest BCUT2D eigenvalue weighted by Crippen LogP contribution is 2.28. The van der Waals surface area contributed by atoms with Gasteiger partial charge < -0.3 is 10.6 Å². The van der Waals surface area contributed by atoms with Gasteiger partial charge in [0.05, 0.1) is 24.4 Å². The molecule has 0 aliphatic heterocycles. The van der Waals surface area contributed by atoms with Gasteiger partial charge >= 0.3 is 6.18 Å². The number of rotatable bonds is 8. The minimum atomic E-state index is -4.36. The Morgan fingerprint density at radius 2 is 1.87 bits per heavy atom. The molecule has 0 unspecified atom stereocenters. The van der Waals surface area contributed by atoms with E-state index in [4.69, 9.17) is 4.84 Å². The zero-order valence-corrected chi connectivity index (χ0v) is 18.5. The number of amides is 1. The number of nitrogens with one attached hydrogen (secondary N) is 3. The molecule has 0 aliphatic rings. The normalized spacial score (nSPS) is 11.0. The predicted octanol–water partition coefficient (Wildman–Crippen LogP) is 4.86. The molecule has 0 radical (unpaired) electrons. The summed E-state index contributed by atoms with van der Waals surface area (Å²) >= 11 is 2.10. The molecule has 0 heterocycles.